The minimum atomic E-state index is -1.05. The molecule has 1 unspecified atom stereocenters. The Bertz CT molecular complexity index is 1730. The number of hydrogen-bond donors (Lipinski definition) is 1. The number of amides is 3. The van der Waals surface area contributed by atoms with Crippen molar-refractivity contribution in [3.05, 3.63) is 106 Å². The molecule has 3 atom stereocenters. The first kappa shape index (κ1) is 33.2. The van der Waals surface area contributed by atoms with E-state index in [9.17, 15) is 24.0 Å². The maximum absolute atomic E-state index is 15.0. The minimum Gasteiger partial charge on any atom is -0.464 e. The summed E-state index contributed by atoms with van der Waals surface area (Å²) in [5.74, 6) is -1.29. The fraction of sp³-hybridized carbons (Fsp3) is 0.447. The van der Waals surface area contributed by atoms with Crippen LogP contribution in [0.15, 0.2) is 77.7 Å². The highest BCUT2D eigenvalue weighted by Crippen LogP contribution is 2.49. The van der Waals surface area contributed by atoms with E-state index >= 15 is 0 Å². The molecule has 10 nitrogen and oxygen atoms in total. The van der Waals surface area contributed by atoms with Crippen molar-refractivity contribution >= 4 is 23.7 Å². The van der Waals surface area contributed by atoms with Crippen LogP contribution in [0.2, 0.25) is 0 Å². The number of aromatic nitrogens is 1. The summed E-state index contributed by atoms with van der Waals surface area (Å²) in [7, 11) is 1.61. The number of carbonyl (C=O) groups excluding carboxylic acids is 4. The fourth-order valence-electron chi connectivity index (χ4n) is 7.87. The highest BCUT2D eigenvalue weighted by molar-refractivity contribution is 5.97. The molecule has 48 heavy (non-hydrogen) atoms. The lowest BCUT2D eigenvalue weighted by Crippen LogP contribution is -2.57. The number of benzene rings is 2. The lowest BCUT2D eigenvalue weighted by Gasteiger charge is -2.46. The molecule has 252 valence electrons. The summed E-state index contributed by atoms with van der Waals surface area (Å²) in [6.45, 7) is 3.47. The molecule has 1 N–H and O–H groups in total. The van der Waals surface area contributed by atoms with Gasteiger partial charge in [0.1, 0.15) is 11.6 Å². The zero-order chi connectivity index (χ0) is 33.8. The molecule has 3 heterocycles. The Hall–Kier alpha value is -4.73. The molecule has 1 aliphatic carbocycles. The maximum atomic E-state index is 15.0. The summed E-state index contributed by atoms with van der Waals surface area (Å²) in [4.78, 5) is 71.1. The first-order chi connectivity index (χ1) is 23.3. The molecular weight excluding hydrogens is 608 g/mol. The van der Waals surface area contributed by atoms with Crippen LogP contribution in [0.1, 0.15) is 84.8 Å². The molecule has 6 rings (SSSR count). The lowest BCUT2D eigenvalue weighted by molar-refractivity contribution is -0.158. The number of pyridine rings is 1. The molecule has 3 aliphatic rings. The average molecular weight is 653 g/mol. The zero-order valence-electron chi connectivity index (χ0n) is 27.7. The van der Waals surface area contributed by atoms with Crippen LogP contribution in [0, 0.1) is 0 Å². The van der Waals surface area contributed by atoms with Crippen molar-refractivity contribution in [1.29, 1.82) is 0 Å². The van der Waals surface area contributed by atoms with Gasteiger partial charge in [0.05, 0.1) is 17.9 Å². The summed E-state index contributed by atoms with van der Waals surface area (Å²) in [6, 6.07) is 19.9. The van der Waals surface area contributed by atoms with Crippen LogP contribution in [0.4, 0.5) is 0 Å². The molecule has 3 aromatic rings. The zero-order valence-corrected chi connectivity index (χ0v) is 27.7. The van der Waals surface area contributed by atoms with E-state index in [2.05, 4.69) is 5.32 Å². The second-order valence-electron chi connectivity index (χ2n) is 13.1. The Labute approximate surface area is 281 Å². The highest BCUT2D eigenvalue weighted by atomic mass is 16.5. The number of ether oxygens (including phenoxy) is 1. The monoisotopic (exact) mass is 652 g/mol. The van der Waals surface area contributed by atoms with E-state index in [0.717, 1.165) is 29.5 Å². The Kier molecular flexibility index (Phi) is 9.80. The van der Waals surface area contributed by atoms with Gasteiger partial charge in [0, 0.05) is 38.9 Å². The van der Waals surface area contributed by atoms with E-state index in [4.69, 9.17) is 4.74 Å². The van der Waals surface area contributed by atoms with Crippen molar-refractivity contribution in [1.82, 2.24) is 19.7 Å². The molecule has 0 radical (unpaired) electrons. The number of piperidine rings is 2. The molecule has 3 amide bonds. The number of carbonyl (C=O) groups is 4. The van der Waals surface area contributed by atoms with Gasteiger partial charge >= 0.3 is 5.97 Å². The normalized spacial score (nSPS) is 22.8. The molecule has 0 saturated carbocycles. The van der Waals surface area contributed by atoms with Crippen molar-refractivity contribution in [3.8, 4) is 0 Å². The fourth-order valence-corrected chi connectivity index (χ4v) is 7.87. The minimum absolute atomic E-state index is 0.0145. The quantitative estimate of drug-likeness (QED) is 0.387. The van der Waals surface area contributed by atoms with Gasteiger partial charge in [0.25, 0.3) is 11.5 Å². The van der Waals surface area contributed by atoms with Gasteiger partial charge in [-0.25, -0.2) is 4.79 Å². The predicted octanol–water partition coefficient (Wildman–Crippen LogP) is 3.91. The summed E-state index contributed by atoms with van der Waals surface area (Å²) >= 11 is 0. The van der Waals surface area contributed by atoms with Crippen LogP contribution < -0.4 is 10.9 Å². The molecule has 1 aromatic heterocycles. The van der Waals surface area contributed by atoms with Crippen molar-refractivity contribution in [2.24, 2.45) is 7.05 Å². The largest absolute Gasteiger partial charge is 0.464 e. The predicted molar refractivity (Wildman–Crippen MR) is 180 cm³/mol. The smallest absolute Gasteiger partial charge is 0.328 e. The molecule has 2 fully saturated rings. The second kappa shape index (κ2) is 14.2. The number of nitrogens with one attached hydrogen (secondary N) is 1. The van der Waals surface area contributed by atoms with Gasteiger partial charge in [-0.05, 0) is 80.7 Å². The molecule has 2 aliphatic heterocycles. The topological polar surface area (TPSA) is 118 Å². The molecule has 0 bridgehead atoms. The third-order valence-corrected chi connectivity index (χ3v) is 10.4. The summed E-state index contributed by atoms with van der Waals surface area (Å²) in [5, 5.41) is 2.98. The Morgan fingerprint density at radius 1 is 0.875 bits per heavy atom. The van der Waals surface area contributed by atoms with E-state index in [1.54, 1.807) is 31.1 Å². The molecule has 10 heteroatoms. The number of rotatable bonds is 7. The lowest BCUT2D eigenvalue weighted by atomic mass is 9.62. The molecule has 0 spiro atoms. The van der Waals surface area contributed by atoms with Crippen molar-refractivity contribution in [2.45, 2.75) is 75.3 Å². The van der Waals surface area contributed by atoms with Crippen molar-refractivity contribution in [3.63, 3.8) is 0 Å². The van der Waals surface area contributed by atoms with E-state index in [1.807, 2.05) is 59.5 Å². The number of nitrogens with zero attached hydrogens (tertiary/aromatic N) is 3. The van der Waals surface area contributed by atoms with Gasteiger partial charge in [-0.15, -0.1) is 0 Å². The first-order valence-corrected chi connectivity index (χ1v) is 17.1. The summed E-state index contributed by atoms with van der Waals surface area (Å²) in [5.41, 5.74) is 1.21. The van der Waals surface area contributed by atoms with Crippen LogP contribution in [0.5, 0.6) is 0 Å². The first-order valence-electron chi connectivity index (χ1n) is 17.1. The van der Waals surface area contributed by atoms with E-state index in [0.29, 0.717) is 51.7 Å². The van der Waals surface area contributed by atoms with Gasteiger partial charge in [-0.3, -0.25) is 19.2 Å². The van der Waals surface area contributed by atoms with E-state index in [-0.39, 0.29) is 41.6 Å². The second-order valence-corrected chi connectivity index (χ2v) is 13.1. The van der Waals surface area contributed by atoms with Crippen LogP contribution in [0.3, 0.4) is 0 Å². The Morgan fingerprint density at radius 2 is 1.60 bits per heavy atom. The van der Waals surface area contributed by atoms with Crippen LogP contribution >= 0.6 is 0 Å². The van der Waals surface area contributed by atoms with Gasteiger partial charge in [-0.1, -0.05) is 54.6 Å². The maximum Gasteiger partial charge on any atom is 0.328 e. The van der Waals surface area contributed by atoms with Gasteiger partial charge < -0.3 is 24.4 Å². The van der Waals surface area contributed by atoms with Crippen LogP contribution in [0.25, 0.3) is 0 Å². The SMILES string of the molecule is CCOC(=O)C1CCCCN1C(=O)[C@@]1(c2ccccc2)CC[C@H](C(=O)N2CCC(NC(=O)c3cccn(C)c3=O)CC2)c2ccccc21. The number of hydrogen-bond acceptors (Lipinski definition) is 6. The van der Waals surface area contributed by atoms with E-state index < -0.39 is 23.3 Å². The molecular formula is C38H44N4O6. The summed E-state index contributed by atoms with van der Waals surface area (Å²) in [6.07, 6.45) is 5.90. The van der Waals surface area contributed by atoms with Gasteiger partial charge in [0.2, 0.25) is 11.8 Å². The highest BCUT2D eigenvalue weighted by Gasteiger charge is 2.52. The number of fused-ring (bicyclic) bond motifs is 1. The average Bonchev–Trinajstić information content (AvgIpc) is 3.12. The third kappa shape index (κ3) is 6.16. The Morgan fingerprint density at radius 3 is 2.35 bits per heavy atom. The van der Waals surface area contributed by atoms with Crippen molar-refractivity contribution in [2.75, 3.05) is 26.2 Å². The molecule has 2 aromatic carbocycles. The standard InChI is InChI=1S/C38H44N4O6/c1-3-48-36(46)32-17-9-10-23-42(32)37(47)38(26-12-5-4-6-13-26)21-18-29(28-14-7-8-16-31(28)38)35(45)41-24-19-27(20-25-41)39-33(43)30-15-11-22-40(2)34(30)44/h4-8,11-16,22,27,29,32H,3,9-10,17-21,23-25H2,1-2H3,(H,39,43)/t29-,32?,38+/m0/s1. The number of likely N-dealkylation sites (tertiary alicyclic amines) is 2. The van der Waals surface area contributed by atoms with Gasteiger partial charge in [0.15, 0.2) is 0 Å². The third-order valence-electron chi connectivity index (χ3n) is 10.4. The Balaban J connectivity index is 1.25. The van der Waals surface area contributed by atoms with Crippen LogP contribution in [-0.4, -0.2) is 76.4 Å². The molecule has 2 saturated heterocycles. The van der Waals surface area contributed by atoms with Crippen molar-refractivity contribution < 1.29 is 23.9 Å². The number of aryl methyl sites for hydroxylation is 1. The van der Waals surface area contributed by atoms with Gasteiger partial charge in [-0.2, -0.15) is 0 Å². The number of esters is 1. The van der Waals surface area contributed by atoms with E-state index in [1.165, 1.54) is 10.6 Å². The van der Waals surface area contributed by atoms with Crippen LogP contribution in [-0.2, 0) is 31.6 Å². The summed E-state index contributed by atoms with van der Waals surface area (Å²) < 4.78 is 6.79.